The van der Waals surface area contributed by atoms with E-state index in [1.54, 1.807) is 0 Å². The average Bonchev–Trinajstić information content (AvgIpc) is 3.04. The van der Waals surface area contributed by atoms with Crippen LogP contribution in [0.3, 0.4) is 0 Å². The third-order valence-electron chi connectivity index (χ3n) is 12.0. The van der Waals surface area contributed by atoms with Gasteiger partial charge >= 0.3 is 5.97 Å². The van der Waals surface area contributed by atoms with Crippen molar-refractivity contribution in [2.24, 2.45) is 35.3 Å². The number of nitrogens with two attached hydrogens (primary N) is 1. The van der Waals surface area contributed by atoms with Crippen LogP contribution >= 0.6 is 0 Å². The van der Waals surface area contributed by atoms with Gasteiger partial charge in [0, 0.05) is 12.5 Å². The van der Waals surface area contributed by atoms with Crippen molar-refractivity contribution >= 4 is 5.97 Å². The van der Waals surface area contributed by atoms with Gasteiger partial charge in [0.1, 0.15) is 0 Å². The molecule has 4 unspecified atom stereocenters. The van der Waals surface area contributed by atoms with Crippen molar-refractivity contribution in [3.8, 4) is 0 Å². The first-order valence-electron chi connectivity index (χ1n) is 21.4. The van der Waals surface area contributed by atoms with Gasteiger partial charge in [0.25, 0.3) is 0 Å². The van der Waals surface area contributed by atoms with Gasteiger partial charge in [-0.05, 0) is 61.7 Å². The van der Waals surface area contributed by atoms with Crippen LogP contribution in [0, 0.1) is 29.6 Å². The standard InChI is InChI=1S/C36H70O2.C7H15N/c1-4-7-10-13-16-21-26-33-30-32(25-20-15-12-9-6-3)35(28-23-18-19-24-29-36(37)38)31-34(33)27-22-17-14-11-8-5-2;1-6-4-2-3-5-7(6)8/h32-35H,4-31H2,1-3H3,(H,37,38);6-7H,2-5,8H2,1H3/t;6-,7-/m.0/s1. The lowest BCUT2D eigenvalue weighted by atomic mass is 9.63. The second-order valence-corrected chi connectivity index (χ2v) is 16.1. The predicted octanol–water partition coefficient (Wildman–Crippen LogP) is 14.1. The Balaban J connectivity index is 0.00000114. The molecule has 6 atom stereocenters. The van der Waals surface area contributed by atoms with E-state index in [4.69, 9.17) is 10.8 Å². The Hall–Kier alpha value is -0.570. The van der Waals surface area contributed by atoms with Crippen LogP contribution in [-0.2, 0) is 4.79 Å². The van der Waals surface area contributed by atoms with Crippen molar-refractivity contribution in [1.82, 2.24) is 0 Å². The molecule has 2 fully saturated rings. The highest BCUT2D eigenvalue weighted by Crippen LogP contribution is 2.46. The summed E-state index contributed by atoms with van der Waals surface area (Å²) in [5, 5.41) is 8.95. The molecular weight excluding hydrogens is 562 g/mol. The zero-order chi connectivity index (χ0) is 33.7. The fourth-order valence-corrected chi connectivity index (χ4v) is 8.73. The average molecular weight is 648 g/mol. The Morgan fingerprint density at radius 3 is 1.15 bits per heavy atom. The molecule has 3 N–H and O–H groups in total. The number of hydrogen-bond donors (Lipinski definition) is 2. The first-order chi connectivity index (χ1) is 22.4. The minimum absolute atomic E-state index is 0.351. The van der Waals surface area contributed by atoms with E-state index >= 15 is 0 Å². The van der Waals surface area contributed by atoms with Gasteiger partial charge in [-0.15, -0.1) is 0 Å². The van der Waals surface area contributed by atoms with Gasteiger partial charge in [-0.25, -0.2) is 0 Å². The topological polar surface area (TPSA) is 63.3 Å². The van der Waals surface area contributed by atoms with Crippen molar-refractivity contribution in [2.45, 2.75) is 239 Å². The molecule has 0 radical (unpaired) electrons. The third-order valence-corrected chi connectivity index (χ3v) is 12.0. The first-order valence-corrected chi connectivity index (χ1v) is 21.4. The lowest BCUT2D eigenvalue weighted by Gasteiger charge is -2.42. The van der Waals surface area contributed by atoms with Crippen molar-refractivity contribution in [2.75, 3.05) is 0 Å². The van der Waals surface area contributed by atoms with Crippen LogP contribution in [0.2, 0.25) is 0 Å². The normalized spacial score (nSPS) is 24.8. The maximum atomic E-state index is 10.9. The molecule has 2 saturated carbocycles. The number of unbranched alkanes of at least 4 members (excludes halogenated alkanes) is 17. The van der Waals surface area contributed by atoms with Crippen molar-refractivity contribution in [1.29, 1.82) is 0 Å². The first kappa shape index (κ1) is 43.5. The second-order valence-electron chi connectivity index (χ2n) is 16.1. The SMILES string of the molecule is CCCCCCCCC1CC(CCCCCCC)C(CCCCCCC(=O)O)CC1CCCCCCCC.C[C@H]1CCCC[C@@H]1N. The van der Waals surface area contributed by atoms with E-state index in [0.717, 1.165) is 42.4 Å². The van der Waals surface area contributed by atoms with Crippen molar-refractivity contribution in [3.63, 3.8) is 0 Å². The molecule has 3 heteroatoms. The van der Waals surface area contributed by atoms with E-state index in [2.05, 4.69) is 27.7 Å². The van der Waals surface area contributed by atoms with Gasteiger partial charge < -0.3 is 10.8 Å². The van der Waals surface area contributed by atoms with E-state index in [9.17, 15) is 4.79 Å². The minimum atomic E-state index is -0.630. The summed E-state index contributed by atoms with van der Waals surface area (Å²) in [7, 11) is 0. The molecule has 0 aromatic heterocycles. The summed E-state index contributed by atoms with van der Waals surface area (Å²) < 4.78 is 0. The molecule has 0 aliphatic heterocycles. The molecule has 0 saturated heterocycles. The predicted molar refractivity (Wildman–Crippen MR) is 204 cm³/mol. The van der Waals surface area contributed by atoms with E-state index < -0.39 is 5.97 Å². The van der Waals surface area contributed by atoms with Gasteiger partial charge in [-0.1, -0.05) is 195 Å². The van der Waals surface area contributed by atoms with Crippen molar-refractivity contribution < 1.29 is 9.90 Å². The Bertz CT molecular complexity index is 655. The molecular formula is C43H85NO2. The maximum Gasteiger partial charge on any atom is 0.303 e. The van der Waals surface area contributed by atoms with E-state index in [1.807, 2.05) is 0 Å². The molecule has 0 aromatic rings. The number of hydrogen-bond acceptors (Lipinski definition) is 2. The molecule has 274 valence electrons. The molecule has 0 heterocycles. The highest BCUT2D eigenvalue weighted by Gasteiger charge is 2.35. The molecule has 46 heavy (non-hydrogen) atoms. The van der Waals surface area contributed by atoms with Crippen LogP contribution in [0.4, 0.5) is 0 Å². The van der Waals surface area contributed by atoms with Gasteiger partial charge in [0.05, 0.1) is 0 Å². The number of rotatable bonds is 27. The lowest BCUT2D eigenvalue weighted by molar-refractivity contribution is -0.137. The van der Waals surface area contributed by atoms with Crippen LogP contribution in [-0.4, -0.2) is 17.1 Å². The number of carboxylic acid groups (broad SMARTS) is 1. The lowest BCUT2D eigenvalue weighted by Crippen LogP contribution is -2.32. The van der Waals surface area contributed by atoms with Crippen LogP contribution in [0.25, 0.3) is 0 Å². The summed E-state index contributed by atoms with van der Waals surface area (Å²) in [6.45, 7) is 9.22. The third kappa shape index (κ3) is 22.9. The van der Waals surface area contributed by atoms with Crippen molar-refractivity contribution in [3.05, 3.63) is 0 Å². The number of carbonyl (C=O) groups is 1. The van der Waals surface area contributed by atoms with E-state index in [1.165, 1.54) is 186 Å². The summed E-state index contributed by atoms with van der Waals surface area (Å²) >= 11 is 0. The Morgan fingerprint density at radius 2 is 0.848 bits per heavy atom. The Kier molecular flexibility index (Phi) is 28.8. The molecule has 0 spiro atoms. The maximum absolute atomic E-state index is 10.9. The van der Waals surface area contributed by atoms with Crippen LogP contribution < -0.4 is 5.73 Å². The number of carboxylic acids is 1. The molecule has 2 rings (SSSR count). The fraction of sp³-hybridized carbons (Fsp3) is 0.977. The highest BCUT2D eigenvalue weighted by molar-refractivity contribution is 5.66. The van der Waals surface area contributed by atoms with Crippen LogP contribution in [0.15, 0.2) is 0 Å². The minimum Gasteiger partial charge on any atom is -0.481 e. The van der Waals surface area contributed by atoms with Crippen LogP contribution in [0.1, 0.15) is 233 Å². The molecule has 0 bridgehead atoms. The summed E-state index contributed by atoms with van der Waals surface area (Å²) in [5.41, 5.74) is 5.78. The quantitative estimate of drug-likeness (QED) is 0.0872. The van der Waals surface area contributed by atoms with E-state index in [-0.39, 0.29) is 0 Å². The summed E-state index contributed by atoms with van der Waals surface area (Å²) in [6, 6.07) is 0.503. The van der Waals surface area contributed by atoms with Gasteiger partial charge in [0.15, 0.2) is 0 Å². The highest BCUT2D eigenvalue weighted by atomic mass is 16.4. The molecule has 0 amide bonds. The summed E-state index contributed by atoms with van der Waals surface area (Å²) in [6.07, 6.45) is 43.3. The zero-order valence-electron chi connectivity index (χ0n) is 32.0. The number of aliphatic carboxylic acids is 1. The molecule has 3 nitrogen and oxygen atoms in total. The Morgan fingerprint density at radius 1 is 0.522 bits per heavy atom. The van der Waals surface area contributed by atoms with Gasteiger partial charge in [0.2, 0.25) is 0 Å². The summed E-state index contributed by atoms with van der Waals surface area (Å²) in [5.74, 6) is 4.01. The monoisotopic (exact) mass is 648 g/mol. The van der Waals surface area contributed by atoms with E-state index in [0.29, 0.717) is 12.5 Å². The largest absolute Gasteiger partial charge is 0.481 e. The Labute approximate surface area is 289 Å². The second kappa shape index (κ2) is 30.5. The molecule has 0 aromatic carbocycles. The van der Waals surface area contributed by atoms with Gasteiger partial charge in [-0.3, -0.25) is 4.79 Å². The van der Waals surface area contributed by atoms with Gasteiger partial charge in [-0.2, -0.15) is 0 Å². The smallest absolute Gasteiger partial charge is 0.303 e. The summed E-state index contributed by atoms with van der Waals surface area (Å²) in [4.78, 5) is 10.9. The molecule has 2 aliphatic rings. The van der Waals surface area contributed by atoms with Crippen LogP contribution in [0.5, 0.6) is 0 Å². The zero-order valence-corrected chi connectivity index (χ0v) is 32.0. The molecule has 2 aliphatic carbocycles. The fourth-order valence-electron chi connectivity index (χ4n) is 8.73.